The van der Waals surface area contributed by atoms with Gasteiger partial charge in [0.25, 0.3) is 0 Å². The van der Waals surface area contributed by atoms with Gasteiger partial charge in [0.15, 0.2) is 0 Å². The minimum atomic E-state index is -3.60. The lowest BCUT2D eigenvalue weighted by Gasteiger charge is -2.17. The molecular weight excluding hydrogens is 166 g/mol. The van der Waals surface area contributed by atoms with E-state index in [-0.39, 0.29) is 0 Å². The van der Waals surface area contributed by atoms with Gasteiger partial charge in [0.2, 0.25) is 6.29 Å². The molecule has 0 bridgehead atoms. The van der Waals surface area contributed by atoms with Crippen LogP contribution in [-0.4, -0.2) is 16.5 Å². The van der Waals surface area contributed by atoms with E-state index < -0.39 is 17.8 Å². The van der Waals surface area contributed by atoms with Gasteiger partial charge in [0.1, 0.15) is 0 Å². The van der Waals surface area contributed by atoms with E-state index >= 15 is 0 Å². The zero-order valence-electron chi connectivity index (χ0n) is 6.11. The molecule has 0 fully saturated rings. The maximum absolute atomic E-state index is 12.8. The fourth-order valence-electron chi connectivity index (χ4n) is 0.809. The maximum atomic E-state index is 12.8. The van der Waals surface area contributed by atoms with Crippen LogP contribution in [0.2, 0.25) is 0 Å². The van der Waals surface area contributed by atoms with Crippen molar-refractivity contribution in [2.75, 3.05) is 0 Å². The summed E-state index contributed by atoms with van der Waals surface area (Å²) in [5.41, 5.74) is -0.403. The summed E-state index contributed by atoms with van der Waals surface area (Å²) >= 11 is 0. The number of alkyl halides is 2. The van der Waals surface area contributed by atoms with Crippen LogP contribution in [0.5, 0.6) is 0 Å². The van der Waals surface area contributed by atoms with Gasteiger partial charge in [-0.15, -0.1) is 0 Å². The summed E-state index contributed by atoms with van der Waals surface area (Å²) in [5.74, 6) is -3.60. The molecule has 1 aromatic rings. The van der Waals surface area contributed by atoms with Gasteiger partial charge in [-0.25, -0.2) is 0 Å². The van der Waals surface area contributed by atoms with Gasteiger partial charge in [0, 0.05) is 5.56 Å². The normalized spacial score (nSPS) is 12.1. The van der Waals surface area contributed by atoms with Gasteiger partial charge in [-0.2, -0.15) is 8.78 Å². The molecule has 66 valence electrons. The summed E-state index contributed by atoms with van der Waals surface area (Å²) in [6.07, 6.45) is -2.65. The third kappa shape index (κ3) is 1.60. The second-order valence-electron chi connectivity index (χ2n) is 2.36. The van der Waals surface area contributed by atoms with Crippen LogP contribution >= 0.6 is 0 Å². The molecule has 0 radical (unpaired) electrons. The average Bonchev–Trinajstić information content (AvgIpc) is 2.06. The second kappa shape index (κ2) is 3.16. The predicted octanol–water partition coefficient (Wildman–Crippen LogP) is 1.09. The fourth-order valence-corrected chi connectivity index (χ4v) is 0.809. The van der Waals surface area contributed by atoms with Crippen molar-refractivity contribution in [3.63, 3.8) is 0 Å². The molecule has 0 spiro atoms. The van der Waals surface area contributed by atoms with Gasteiger partial charge in [-0.05, 0) is 0 Å². The van der Waals surface area contributed by atoms with Gasteiger partial charge >= 0.3 is 5.92 Å². The molecular formula is C8H8F2O2. The minimum Gasteiger partial charge on any atom is -0.363 e. The highest BCUT2D eigenvalue weighted by atomic mass is 19.3. The van der Waals surface area contributed by atoms with Crippen molar-refractivity contribution in [1.82, 2.24) is 0 Å². The summed E-state index contributed by atoms with van der Waals surface area (Å²) in [4.78, 5) is 0. The van der Waals surface area contributed by atoms with Crippen molar-refractivity contribution in [3.05, 3.63) is 35.9 Å². The summed E-state index contributed by atoms with van der Waals surface area (Å²) < 4.78 is 25.6. The molecule has 0 saturated heterocycles. The molecule has 0 aliphatic carbocycles. The Balaban J connectivity index is 2.98. The van der Waals surface area contributed by atoms with Gasteiger partial charge in [-0.1, -0.05) is 30.3 Å². The van der Waals surface area contributed by atoms with E-state index in [4.69, 9.17) is 10.2 Å². The van der Waals surface area contributed by atoms with E-state index in [1.54, 1.807) is 6.07 Å². The van der Waals surface area contributed by atoms with Gasteiger partial charge in [0.05, 0.1) is 0 Å². The fraction of sp³-hybridized carbons (Fsp3) is 0.250. The average molecular weight is 174 g/mol. The number of benzene rings is 1. The minimum absolute atomic E-state index is 0.403. The molecule has 1 aromatic carbocycles. The molecule has 0 amide bonds. The van der Waals surface area contributed by atoms with Crippen molar-refractivity contribution in [2.45, 2.75) is 12.2 Å². The molecule has 1 rings (SSSR count). The summed E-state index contributed by atoms with van der Waals surface area (Å²) in [6, 6.07) is 6.67. The van der Waals surface area contributed by atoms with E-state index in [1.807, 2.05) is 0 Å². The van der Waals surface area contributed by atoms with Crippen LogP contribution in [0.15, 0.2) is 30.3 Å². The van der Waals surface area contributed by atoms with Crippen LogP contribution < -0.4 is 0 Å². The van der Waals surface area contributed by atoms with Crippen molar-refractivity contribution >= 4 is 0 Å². The number of aliphatic hydroxyl groups excluding tert-OH is 1. The molecule has 0 aliphatic heterocycles. The third-order valence-corrected chi connectivity index (χ3v) is 1.48. The number of aliphatic hydroxyl groups is 2. The summed E-state index contributed by atoms with van der Waals surface area (Å²) in [7, 11) is 0. The smallest absolute Gasteiger partial charge is 0.322 e. The van der Waals surface area contributed by atoms with E-state index in [0.717, 1.165) is 12.1 Å². The first-order chi connectivity index (χ1) is 5.55. The lowest BCUT2D eigenvalue weighted by Crippen LogP contribution is -2.30. The number of hydrogen-bond donors (Lipinski definition) is 2. The second-order valence-corrected chi connectivity index (χ2v) is 2.36. The Morgan fingerprint density at radius 3 is 2.00 bits per heavy atom. The van der Waals surface area contributed by atoms with Crippen LogP contribution in [0.4, 0.5) is 8.78 Å². The Bertz CT molecular complexity index is 246. The Kier molecular flexibility index (Phi) is 2.40. The SMILES string of the molecule is OC(O)C(F)(F)c1ccccc1. The van der Waals surface area contributed by atoms with E-state index in [9.17, 15) is 8.78 Å². The predicted molar refractivity (Wildman–Crippen MR) is 38.6 cm³/mol. The Morgan fingerprint density at radius 2 is 1.58 bits per heavy atom. The monoisotopic (exact) mass is 174 g/mol. The summed E-state index contributed by atoms with van der Waals surface area (Å²) in [6.45, 7) is 0. The molecule has 12 heavy (non-hydrogen) atoms. The van der Waals surface area contributed by atoms with Crippen molar-refractivity contribution in [1.29, 1.82) is 0 Å². The quantitative estimate of drug-likeness (QED) is 0.659. The summed E-state index contributed by atoms with van der Waals surface area (Å²) in [5, 5.41) is 16.7. The molecule has 0 heterocycles. The lowest BCUT2D eigenvalue weighted by atomic mass is 10.1. The Labute approximate surface area is 68.1 Å². The van der Waals surface area contributed by atoms with Crippen LogP contribution in [0.1, 0.15) is 5.56 Å². The van der Waals surface area contributed by atoms with Crippen LogP contribution in [0.25, 0.3) is 0 Å². The van der Waals surface area contributed by atoms with Crippen LogP contribution in [0.3, 0.4) is 0 Å². The Hall–Kier alpha value is -1.00. The molecule has 0 unspecified atom stereocenters. The van der Waals surface area contributed by atoms with Crippen molar-refractivity contribution in [2.24, 2.45) is 0 Å². The molecule has 2 nitrogen and oxygen atoms in total. The Morgan fingerprint density at radius 1 is 1.08 bits per heavy atom. The van der Waals surface area contributed by atoms with Crippen LogP contribution in [-0.2, 0) is 5.92 Å². The first-order valence-corrected chi connectivity index (χ1v) is 3.34. The first-order valence-electron chi connectivity index (χ1n) is 3.34. The topological polar surface area (TPSA) is 40.5 Å². The van der Waals surface area contributed by atoms with E-state index in [0.29, 0.717) is 0 Å². The first kappa shape index (κ1) is 9.09. The molecule has 4 heteroatoms. The van der Waals surface area contributed by atoms with E-state index in [1.165, 1.54) is 12.1 Å². The number of hydrogen-bond acceptors (Lipinski definition) is 2. The van der Waals surface area contributed by atoms with Crippen molar-refractivity contribution in [3.8, 4) is 0 Å². The largest absolute Gasteiger partial charge is 0.363 e. The third-order valence-electron chi connectivity index (χ3n) is 1.48. The molecule has 2 N–H and O–H groups in total. The highest BCUT2D eigenvalue weighted by Gasteiger charge is 2.39. The molecule has 0 atom stereocenters. The lowest BCUT2D eigenvalue weighted by molar-refractivity contribution is -0.214. The van der Waals surface area contributed by atoms with Crippen LogP contribution in [0, 0.1) is 0 Å². The van der Waals surface area contributed by atoms with E-state index in [2.05, 4.69) is 0 Å². The highest BCUT2D eigenvalue weighted by Crippen LogP contribution is 2.29. The zero-order valence-corrected chi connectivity index (χ0v) is 6.11. The highest BCUT2D eigenvalue weighted by molar-refractivity contribution is 5.20. The molecule has 0 aromatic heterocycles. The maximum Gasteiger partial charge on any atom is 0.322 e. The molecule has 0 aliphatic rings. The van der Waals surface area contributed by atoms with Gasteiger partial charge < -0.3 is 10.2 Å². The number of rotatable bonds is 2. The van der Waals surface area contributed by atoms with Crippen molar-refractivity contribution < 1.29 is 19.0 Å². The van der Waals surface area contributed by atoms with Gasteiger partial charge in [-0.3, -0.25) is 0 Å². The zero-order chi connectivity index (χ0) is 9.19. The molecule has 0 saturated carbocycles. The standard InChI is InChI=1S/C8H8F2O2/c9-8(10,7(11)12)6-4-2-1-3-5-6/h1-5,7,11-12H. The number of halogens is 2.